The summed E-state index contributed by atoms with van der Waals surface area (Å²) in [6, 6.07) is 9.06. The number of hydrogen-bond acceptors (Lipinski definition) is 5. The van der Waals surface area contributed by atoms with Crippen LogP contribution in [0.3, 0.4) is 0 Å². The van der Waals surface area contributed by atoms with E-state index >= 15 is 0 Å². The molecule has 0 radical (unpaired) electrons. The highest BCUT2D eigenvalue weighted by Crippen LogP contribution is 2.13. The van der Waals surface area contributed by atoms with Crippen LogP contribution in [0, 0.1) is 0 Å². The van der Waals surface area contributed by atoms with Crippen molar-refractivity contribution in [1.82, 2.24) is 29.9 Å². The first kappa shape index (κ1) is 18.5. The lowest BCUT2D eigenvalue weighted by Gasteiger charge is -2.09. The van der Waals surface area contributed by atoms with Crippen LogP contribution >= 0.6 is 0 Å². The van der Waals surface area contributed by atoms with Crippen molar-refractivity contribution >= 4 is 17.3 Å². The molecule has 3 heterocycles. The molecule has 3 rings (SSSR count). The van der Waals surface area contributed by atoms with Gasteiger partial charge in [0, 0.05) is 38.2 Å². The summed E-state index contributed by atoms with van der Waals surface area (Å²) in [5.74, 6) is -0.463. The smallest absolute Gasteiger partial charge is 0.287 e. The number of hydrogen-bond donors (Lipinski definition) is 2. The Hall–Kier alpha value is -3.26. The Morgan fingerprint density at radius 2 is 1.96 bits per heavy atom. The monoisotopic (exact) mass is 366 g/mol. The van der Waals surface area contributed by atoms with Gasteiger partial charge in [-0.15, -0.1) is 0 Å². The molecule has 140 valence electrons. The van der Waals surface area contributed by atoms with Gasteiger partial charge in [-0.1, -0.05) is 12.1 Å². The zero-order valence-electron chi connectivity index (χ0n) is 15.3. The van der Waals surface area contributed by atoms with E-state index in [9.17, 15) is 9.59 Å². The van der Waals surface area contributed by atoms with E-state index in [0.717, 1.165) is 5.56 Å². The fourth-order valence-corrected chi connectivity index (χ4v) is 2.61. The highest BCUT2D eigenvalue weighted by Gasteiger charge is 2.21. The summed E-state index contributed by atoms with van der Waals surface area (Å²) in [6.07, 6.45) is 5.09. The van der Waals surface area contributed by atoms with Gasteiger partial charge in [0.25, 0.3) is 11.8 Å². The number of aromatic nitrogens is 3. The lowest BCUT2D eigenvalue weighted by atomic mass is 10.2. The quantitative estimate of drug-likeness (QED) is 0.650. The molecule has 2 amide bonds. The SMILES string of the molecule is CN(C)CCNC(=O)c1nc(C(=O)NCc2cccnc2)c2ccccn12. The maximum Gasteiger partial charge on any atom is 0.287 e. The number of rotatable bonds is 7. The van der Waals surface area contributed by atoms with Crippen molar-refractivity contribution in [3.63, 3.8) is 0 Å². The first-order valence-electron chi connectivity index (χ1n) is 8.63. The molecule has 3 aromatic heterocycles. The van der Waals surface area contributed by atoms with Crippen LogP contribution in [-0.4, -0.2) is 58.3 Å². The van der Waals surface area contributed by atoms with Crippen LogP contribution < -0.4 is 10.6 Å². The van der Waals surface area contributed by atoms with Gasteiger partial charge in [0.2, 0.25) is 5.82 Å². The first-order valence-corrected chi connectivity index (χ1v) is 8.63. The predicted molar refractivity (Wildman–Crippen MR) is 101 cm³/mol. The van der Waals surface area contributed by atoms with Gasteiger partial charge in [-0.25, -0.2) is 4.98 Å². The zero-order valence-corrected chi connectivity index (χ0v) is 15.3. The summed E-state index contributed by atoms with van der Waals surface area (Å²) in [6.45, 7) is 1.55. The molecule has 0 aromatic carbocycles. The van der Waals surface area contributed by atoms with Crippen LogP contribution in [0.15, 0.2) is 48.9 Å². The minimum atomic E-state index is -0.338. The third-order valence-corrected chi connectivity index (χ3v) is 3.99. The number of carbonyl (C=O) groups is 2. The summed E-state index contributed by atoms with van der Waals surface area (Å²) in [5, 5.41) is 5.65. The van der Waals surface area contributed by atoms with Gasteiger partial charge >= 0.3 is 0 Å². The molecular weight excluding hydrogens is 344 g/mol. The normalized spacial score (nSPS) is 10.9. The van der Waals surface area contributed by atoms with E-state index in [4.69, 9.17) is 0 Å². The van der Waals surface area contributed by atoms with E-state index in [1.54, 1.807) is 35.1 Å². The molecule has 0 fully saturated rings. The predicted octanol–water partition coefficient (Wildman–Crippen LogP) is 0.951. The second-order valence-electron chi connectivity index (χ2n) is 6.34. The molecule has 0 saturated carbocycles. The molecule has 0 aliphatic carbocycles. The number of pyridine rings is 2. The summed E-state index contributed by atoms with van der Waals surface area (Å²) in [5.41, 5.74) is 1.69. The third-order valence-electron chi connectivity index (χ3n) is 3.99. The van der Waals surface area contributed by atoms with Crippen LogP contribution in [0.4, 0.5) is 0 Å². The highest BCUT2D eigenvalue weighted by atomic mass is 16.2. The van der Waals surface area contributed by atoms with Crippen molar-refractivity contribution in [3.8, 4) is 0 Å². The number of likely N-dealkylation sites (N-methyl/N-ethyl adjacent to an activating group) is 1. The van der Waals surface area contributed by atoms with Crippen LogP contribution in [-0.2, 0) is 6.54 Å². The molecule has 0 spiro atoms. The maximum atomic E-state index is 12.6. The standard InChI is InChI=1S/C19H22N6O2/c1-24(2)11-9-21-19(27)17-23-16(15-7-3-4-10-25(15)17)18(26)22-13-14-6-5-8-20-12-14/h3-8,10,12H,9,11,13H2,1-2H3,(H,21,27)(H,22,26). The number of nitrogens with zero attached hydrogens (tertiary/aromatic N) is 4. The number of nitrogens with one attached hydrogen (secondary N) is 2. The van der Waals surface area contributed by atoms with Gasteiger partial charge in [0.1, 0.15) is 0 Å². The minimum Gasteiger partial charge on any atom is -0.348 e. The van der Waals surface area contributed by atoms with Crippen molar-refractivity contribution in [2.24, 2.45) is 0 Å². The first-order chi connectivity index (χ1) is 13.1. The zero-order chi connectivity index (χ0) is 19.2. The van der Waals surface area contributed by atoms with Crippen LogP contribution in [0.5, 0.6) is 0 Å². The second-order valence-corrected chi connectivity index (χ2v) is 6.34. The molecule has 2 N–H and O–H groups in total. The largest absolute Gasteiger partial charge is 0.348 e. The molecule has 0 bridgehead atoms. The van der Waals surface area contributed by atoms with E-state index in [0.29, 0.717) is 25.2 Å². The van der Waals surface area contributed by atoms with Gasteiger partial charge in [-0.05, 0) is 37.9 Å². The molecule has 8 heteroatoms. The van der Waals surface area contributed by atoms with Gasteiger partial charge in [-0.2, -0.15) is 0 Å². The molecular formula is C19H22N6O2. The molecule has 0 unspecified atom stereocenters. The van der Waals surface area contributed by atoms with E-state index in [-0.39, 0.29) is 23.3 Å². The number of imidazole rings is 1. The lowest BCUT2D eigenvalue weighted by Crippen LogP contribution is -2.32. The second kappa shape index (κ2) is 8.41. The molecule has 27 heavy (non-hydrogen) atoms. The Morgan fingerprint density at radius 3 is 2.70 bits per heavy atom. The fraction of sp³-hybridized carbons (Fsp3) is 0.263. The van der Waals surface area contributed by atoms with Gasteiger partial charge in [0.15, 0.2) is 5.69 Å². The number of carbonyl (C=O) groups excluding carboxylic acids is 2. The van der Waals surface area contributed by atoms with Crippen molar-refractivity contribution in [3.05, 3.63) is 66.0 Å². The average molecular weight is 366 g/mol. The lowest BCUT2D eigenvalue weighted by molar-refractivity contribution is 0.0940. The van der Waals surface area contributed by atoms with Gasteiger partial charge in [0.05, 0.1) is 5.52 Å². The van der Waals surface area contributed by atoms with Crippen LogP contribution in [0.25, 0.3) is 5.52 Å². The molecule has 0 saturated heterocycles. The Labute approximate surface area is 157 Å². The van der Waals surface area contributed by atoms with Crippen molar-refractivity contribution in [2.45, 2.75) is 6.54 Å². The van der Waals surface area contributed by atoms with Crippen molar-refractivity contribution < 1.29 is 9.59 Å². The topological polar surface area (TPSA) is 91.6 Å². The summed E-state index contributed by atoms with van der Waals surface area (Å²) in [4.78, 5) is 35.4. The minimum absolute atomic E-state index is 0.191. The number of amides is 2. The Bertz CT molecular complexity index is 936. The summed E-state index contributed by atoms with van der Waals surface area (Å²) >= 11 is 0. The maximum absolute atomic E-state index is 12.6. The highest BCUT2D eigenvalue weighted by molar-refractivity contribution is 6.02. The van der Waals surface area contributed by atoms with Gasteiger partial charge < -0.3 is 15.5 Å². The summed E-state index contributed by atoms with van der Waals surface area (Å²) in [7, 11) is 3.86. The summed E-state index contributed by atoms with van der Waals surface area (Å²) < 4.78 is 1.63. The van der Waals surface area contributed by atoms with E-state index in [2.05, 4.69) is 20.6 Å². The molecule has 3 aromatic rings. The molecule has 0 atom stereocenters. The van der Waals surface area contributed by atoms with Crippen LogP contribution in [0.1, 0.15) is 26.7 Å². The Kier molecular flexibility index (Phi) is 5.77. The third kappa shape index (κ3) is 4.48. The van der Waals surface area contributed by atoms with Crippen molar-refractivity contribution in [2.75, 3.05) is 27.2 Å². The Morgan fingerprint density at radius 1 is 1.11 bits per heavy atom. The van der Waals surface area contributed by atoms with Crippen LogP contribution in [0.2, 0.25) is 0 Å². The molecule has 8 nitrogen and oxygen atoms in total. The average Bonchev–Trinajstić information content (AvgIpc) is 3.06. The molecule has 0 aliphatic heterocycles. The number of fused-ring (bicyclic) bond motifs is 1. The van der Waals surface area contributed by atoms with Crippen molar-refractivity contribution in [1.29, 1.82) is 0 Å². The molecule has 0 aliphatic rings. The van der Waals surface area contributed by atoms with E-state index in [1.807, 2.05) is 37.2 Å². The van der Waals surface area contributed by atoms with E-state index in [1.165, 1.54) is 0 Å². The Balaban J connectivity index is 1.79. The fourth-order valence-electron chi connectivity index (χ4n) is 2.61. The van der Waals surface area contributed by atoms with E-state index < -0.39 is 0 Å². The van der Waals surface area contributed by atoms with Gasteiger partial charge in [-0.3, -0.25) is 19.0 Å².